The summed E-state index contributed by atoms with van der Waals surface area (Å²) in [5, 5.41) is 8.49. The van der Waals surface area contributed by atoms with E-state index in [-0.39, 0.29) is 0 Å². The zero-order chi connectivity index (χ0) is 11.5. The van der Waals surface area contributed by atoms with Crippen molar-refractivity contribution in [1.82, 2.24) is 4.98 Å². The lowest BCUT2D eigenvalue weighted by atomic mass is 10.3. The molecule has 0 saturated carbocycles. The lowest BCUT2D eigenvalue weighted by molar-refractivity contribution is -0.131. The molecule has 0 aliphatic rings. The monoisotopic (exact) mass is 235 g/mol. The highest BCUT2D eigenvalue weighted by Gasteiger charge is 2.07. The summed E-state index contributed by atoms with van der Waals surface area (Å²) in [7, 11) is 0. The number of hydrogen-bond acceptors (Lipinski definition) is 4. The maximum atomic E-state index is 10.4. The van der Waals surface area contributed by atoms with Gasteiger partial charge in [-0.15, -0.1) is 11.8 Å². The number of rotatable bonds is 3. The van der Waals surface area contributed by atoms with Crippen LogP contribution in [-0.2, 0) is 4.79 Å². The number of para-hydroxylation sites is 1. The third-order valence-corrected chi connectivity index (χ3v) is 2.76. The summed E-state index contributed by atoms with van der Waals surface area (Å²) < 4.78 is 5.39. The van der Waals surface area contributed by atoms with Gasteiger partial charge in [0.15, 0.2) is 5.58 Å². The van der Waals surface area contributed by atoms with Crippen molar-refractivity contribution in [3.05, 3.63) is 30.2 Å². The molecule has 0 spiro atoms. The molecular weight excluding hydrogens is 226 g/mol. The molecule has 0 radical (unpaired) electrons. The molecule has 1 N–H and O–H groups in total. The summed E-state index contributed by atoms with van der Waals surface area (Å²) in [5.74, 6) is -0.716. The van der Waals surface area contributed by atoms with E-state index >= 15 is 0 Å². The number of carbonyl (C=O) groups is 1. The largest absolute Gasteiger partial charge is 0.478 e. The number of oxazole rings is 1. The Hall–Kier alpha value is -1.75. The van der Waals surface area contributed by atoms with Gasteiger partial charge in [0.05, 0.1) is 0 Å². The molecule has 4 nitrogen and oxygen atoms in total. The van der Waals surface area contributed by atoms with Crippen LogP contribution in [0.5, 0.6) is 0 Å². The Morgan fingerprint density at radius 3 is 3.06 bits per heavy atom. The summed E-state index contributed by atoms with van der Waals surface area (Å²) in [6.07, 6.45) is 4.30. The molecule has 0 atom stereocenters. The zero-order valence-electron chi connectivity index (χ0n) is 8.51. The van der Waals surface area contributed by atoms with Crippen LogP contribution in [-0.4, -0.2) is 22.3 Å². The van der Waals surface area contributed by atoms with Crippen LogP contribution in [0, 0.1) is 0 Å². The van der Waals surface area contributed by atoms with Gasteiger partial charge in [-0.1, -0.05) is 6.07 Å². The first-order valence-corrected chi connectivity index (χ1v) is 5.78. The maximum absolute atomic E-state index is 10.4. The zero-order valence-corrected chi connectivity index (χ0v) is 9.32. The van der Waals surface area contributed by atoms with Crippen molar-refractivity contribution in [3.8, 4) is 0 Å². The van der Waals surface area contributed by atoms with Gasteiger partial charge in [-0.25, -0.2) is 9.78 Å². The SMILES string of the molecule is CSc1cccc2oc(/C=C/C(=O)O)nc12. The highest BCUT2D eigenvalue weighted by molar-refractivity contribution is 7.98. The van der Waals surface area contributed by atoms with E-state index in [1.165, 1.54) is 6.08 Å². The van der Waals surface area contributed by atoms with E-state index in [4.69, 9.17) is 9.52 Å². The smallest absolute Gasteiger partial charge is 0.328 e. The number of hydrogen-bond donors (Lipinski definition) is 1. The molecule has 0 fully saturated rings. The van der Waals surface area contributed by atoms with E-state index < -0.39 is 5.97 Å². The van der Waals surface area contributed by atoms with Crippen molar-refractivity contribution < 1.29 is 14.3 Å². The van der Waals surface area contributed by atoms with Crippen LogP contribution in [0.15, 0.2) is 33.6 Å². The number of thioether (sulfide) groups is 1. The van der Waals surface area contributed by atoms with Gasteiger partial charge in [-0.3, -0.25) is 0 Å². The molecule has 1 aromatic carbocycles. The molecule has 1 aromatic heterocycles. The Balaban J connectivity index is 2.47. The van der Waals surface area contributed by atoms with Crippen LogP contribution < -0.4 is 0 Å². The van der Waals surface area contributed by atoms with Gasteiger partial charge in [-0.2, -0.15) is 0 Å². The Bertz CT molecular complexity index is 559. The maximum Gasteiger partial charge on any atom is 0.328 e. The van der Waals surface area contributed by atoms with Gasteiger partial charge in [-0.05, 0) is 18.4 Å². The molecule has 0 aliphatic carbocycles. The molecule has 0 unspecified atom stereocenters. The van der Waals surface area contributed by atoms with Gasteiger partial charge >= 0.3 is 5.97 Å². The van der Waals surface area contributed by atoms with Crippen molar-refractivity contribution in [2.75, 3.05) is 6.26 Å². The fourth-order valence-corrected chi connectivity index (χ4v) is 1.87. The lowest BCUT2D eigenvalue weighted by Gasteiger charge is -1.93. The Morgan fingerprint density at radius 1 is 1.56 bits per heavy atom. The van der Waals surface area contributed by atoms with Crippen LogP contribution >= 0.6 is 11.8 Å². The van der Waals surface area contributed by atoms with Crippen LogP contribution in [0.2, 0.25) is 0 Å². The Labute approximate surface area is 96.0 Å². The van der Waals surface area contributed by atoms with Crippen molar-refractivity contribution in [1.29, 1.82) is 0 Å². The lowest BCUT2D eigenvalue weighted by Crippen LogP contribution is -1.85. The summed E-state index contributed by atoms with van der Waals surface area (Å²) in [5.41, 5.74) is 1.43. The highest BCUT2D eigenvalue weighted by atomic mass is 32.2. The molecule has 0 amide bonds. The summed E-state index contributed by atoms with van der Waals surface area (Å²) >= 11 is 1.57. The average molecular weight is 235 g/mol. The van der Waals surface area contributed by atoms with Gasteiger partial charge in [0, 0.05) is 17.0 Å². The quantitative estimate of drug-likeness (QED) is 0.654. The van der Waals surface area contributed by atoms with E-state index in [9.17, 15) is 4.79 Å². The van der Waals surface area contributed by atoms with Crippen LogP contribution in [0.1, 0.15) is 5.89 Å². The van der Waals surface area contributed by atoms with E-state index in [1.54, 1.807) is 17.8 Å². The molecule has 1 heterocycles. The van der Waals surface area contributed by atoms with Gasteiger partial charge in [0.2, 0.25) is 5.89 Å². The van der Waals surface area contributed by atoms with E-state index in [1.807, 2.05) is 18.4 Å². The first-order chi connectivity index (χ1) is 7.70. The number of fused-ring (bicyclic) bond motifs is 1. The van der Waals surface area contributed by atoms with E-state index in [0.717, 1.165) is 16.5 Å². The van der Waals surface area contributed by atoms with E-state index in [2.05, 4.69) is 4.98 Å². The van der Waals surface area contributed by atoms with Gasteiger partial charge in [0.1, 0.15) is 5.52 Å². The predicted octanol–water partition coefficient (Wildman–Crippen LogP) is 2.65. The summed E-state index contributed by atoms with van der Waals surface area (Å²) in [6, 6.07) is 5.63. The molecule has 0 bridgehead atoms. The van der Waals surface area contributed by atoms with Crippen LogP contribution in [0.4, 0.5) is 0 Å². The molecule has 0 saturated heterocycles. The fourth-order valence-electron chi connectivity index (χ4n) is 1.32. The number of carboxylic acid groups (broad SMARTS) is 1. The second-order valence-electron chi connectivity index (χ2n) is 3.03. The summed E-state index contributed by atoms with van der Waals surface area (Å²) in [4.78, 5) is 15.6. The standard InChI is InChI=1S/C11H9NO3S/c1-16-8-4-2-3-7-11(8)12-9(15-7)5-6-10(13)14/h2-6H,1H3,(H,13,14)/b6-5+. The van der Waals surface area contributed by atoms with Crippen molar-refractivity contribution in [2.24, 2.45) is 0 Å². The normalized spacial score (nSPS) is 11.3. The first kappa shape index (κ1) is 10.8. The summed E-state index contributed by atoms with van der Waals surface area (Å²) in [6.45, 7) is 0. The molecule has 2 rings (SSSR count). The molecule has 16 heavy (non-hydrogen) atoms. The van der Waals surface area contributed by atoms with Gasteiger partial charge < -0.3 is 9.52 Å². The molecule has 82 valence electrons. The number of nitrogens with zero attached hydrogens (tertiary/aromatic N) is 1. The topological polar surface area (TPSA) is 63.3 Å². The Morgan fingerprint density at radius 2 is 2.38 bits per heavy atom. The van der Waals surface area contributed by atoms with Crippen LogP contribution in [0.25, 0.3) is 17.2 Å². The molecule has 5 heteroatoms. The minimum atomic E-state index is -1.02. The van der Waals surface area contributed by atoms with Gasteiger partial charge in [0.25, 0.3) is 0 Å². The van der Waals surface area contributed by atoms with Crippen LogP contribution in [0.3, 0.4) is 0 Å². The third kappa shape index (κ3) is 2.09. The third-order valence-electron chi connectivity index (χ3n) is 1.99. The molecule has 0 aliphatic heterocycles. The van der Waals surface area contributed by atoms with Crippen molar-refractivity contribution >= 4 is 34.9 Å². The van der Waals surface area contributed by atoms with Crippen molar-refractivity contribution in [3.63, 3.8) is 0 Å². The second kappa shape index (κ2) is 4.40. The number of carboxylic acids is 1. The average Bonchev–Trinajstić information content (AvgIpc) is 2.68. The number of aromatic nitrogens is 1. The first-order valence-electron chi connectivity index (χ1n) is 4.55. The molecular formula is C11H9NO3S. The fraction of sp³-hybridized carbons (Fsp3) is 0.0909. The van der Waals surface area contributed by atoms with Crippen molar-refractivity contribution in [2.45, 2.75) is 4.90 Å². The van der Waals surface area contributed by atoms with E-state index in [0.29, 0.717) is 11.5 Å². The Kier molecular flexibility index (Phi) is 2.96. The number of aliphatic carboxylic acids is 1. The molecule has 2 aromatic rings. The predicted molar refractivity (Wildman–Crippen MR) is 62.5 cm³/mol. The highest BCUT2D eigenvalue weighted by Crippen LogP contribution is 2.26. The second-order valence-corrected chi connectivity index (χ2v) is 3.88. The minimum absolute atomic E-state index is 0.305. The number of benzene rings is 1. The minimum Gasteiger partial charge on any atom is -0.478 e.